The first-order valence-electron chi connectivity index (χ1n) is 9.14. The van der Waals surface area contributed by atoms with E-state index in [0.717, 1.165) is 29.3 Å². The van der Waals surface area contributed by atoms with E-state index in [-0.39, 0.29) is 23.1 Å². The van der Waals surface area contributed by atoms with Crippen LogP contribution in [0.25, 0.3) is 0 Å². The van der Waals surface area contributed by atoms with Gasteiger partial charge in [-0.25, -0.2) is 9.18 Å². The molecule has 2 aromatic rings. The Morgan fingerprint density at radius 2 is 1.89 bits per heavy atom. The molecule has 1 unspecified atom stereocenters. The Hall–Kier alpha value is -1.98. The predicted molar refractivity (Wildman–Crippen MR) is 109 cm³/mol. The van der Waals surface area contributed by atoms with Gasteiger partial charge in [0.05, 0.1) is 10.0 Å². The van der Waals surface area contributed by atoms with Crippen LogP contribution < -0.4 is 10.1 Å². The summed E-state index contributed by atoms with van der Waals surface area (Å²) in [5, 5.41) is 12.6. The van der Waals surface area contributed by atoms with Gasteiger partial charge in [0, 0.05) is 18.7 Å². The van der Waals surface area contributed by atoms with E-state index < -0.39 is 12.1 Å². The molecule has 0 amide bonds. The third kappa shape index (κ3) is 5.76. The average molecular weight is 426 g/mol. The SMILES string of the molecule is Cc1cc(COc2c(Cl)cc(CC(F)C(=O)O)cc2Cl)cc(NCC2CC2)c1. The first-order valence-corrected chi connectivity index (χ1v) is 9.89. The molecule has 0 aliphatic heterocycles. The Morgan fingerprint density at radius 3 is 2.50 bits per heavy atom. The van der Waals surface area contributed by atoms with E-state index >= 15 is 0 Å². The summed E-state index contributed by atoms with van der Waals surface area (Å²) in [4.78, 5) is 10.7. The fraction of sp³-hybridized carbons (Fsp3) is 0.381. The van der Waals surface area contributed by atoms with Crippen molar-refractivity contribution in [2.45, 2.75) is 39.0 Å². The topological polar surface area (TPSA) is 58.6 Å². The van der Waals surface area contributed by atoms with Crippen LogP contribution in [-0.4, -0.2) is 23.8 Å². The second kappa shape index (κ2) is 9.01. The third-order valence-electron chi connectivity index (χ3n) is 4.55. The van der Waals surface area contributed by atoms with Gasteiger partial charge in [-0.1, -0.05) is 29.3 Å². The minimum atomic E-state index is -2.01. The molecule has 0 heterocycles. The summed E-state index contributed by atoms with van der Waals surface area (Å²) in [5.41, 5.74) is 3.55. The van der Waals surface area contributed by atoms with E-state index in [2.05, 4.69) is 11.4 Å². The summed E-state index contributed by atoms with van der Waals surface area (Å²) in [6, 6.07) is 9.12. The number of aliphatic carboxylic acids is 1. The lowest BCUT2D eigenvalue weighted by atomic mass is 10.1. The smallest absolute Gasteiger partial charge is 0.338 e. The highest BCUT2D eigenvalue weighted by molar-refractivity contribution is 6.37. The summed E-state index contributed by atoms with van der Waals surface area (Å²) in [5.74, 6) is -0.439. The molecule has 1 atom stereocenters. The lowest BCUT2D eigenvalue weighted by Gasteiger charge is -2.14. The molecule has 1 fully saturated rings. The Kier molecular flexibility index (Phi) is 6.68. The molecule has 3 rings (SSSR count). The van der Waals surface area contributed by atoms with Crippen molar-refractivity contribution in [3.05, 3.63) is 57.1 Å². The zero-order valence-corrected chi connectivity index (χ0v) is 17.0. The first kappa shape index (κ1) is 20.7. The quantitative estimate of drug-likeness (QED) is 0.543. The number of rotatable bonds is 9. The highest BCUT2D eigenvalue weighted by Crippen LogP contribution is 2.35. The van der Waals surface area contributed by atoms with Gasteiger partial charge in [0.25, 0.3) is 0 Å². The lowest BCUT2D eigenvalue weighted by molar-refractivity contribution is -0.142. The number of benzene rings is 2. The van der Waals surface area contributed by atoms with Crippen LogP contribution >= 0.6 is 23.2 Å². The number of alkyl halides is 1. The minimum absolute atomic E-state index is 0.222. The molecule has 1 saturated carbocycles. The Morgan fingerprint density at radius 1 is 1.21 bits per heavy atom. The highest BCUT2D eigenvalue weighted by Gasteiger charge is 2.21. The van der Waals surface area contributed by atoms with Gasteiger partial charge in [-0.2, -0.15) is 0 Å². The number of carboxylic acid groups (broad SMARTS) is 1. The van der Waals surface area contributed by atoms with E-state index in [1.807, 2.05) is 19.1 Å². The first-order chi connectivity index (χ1) is 13.3. The van der Waals surface area contributed by atoms with Gasteiger partial charge >= 0.3 is 5.97 Å². The molecule has 4 nitrogen and oxygen atoms in total. The molecule has 0 bridgehead atoms. The van der Waals surface area contributed by atoms with Crippen LogP contribution in [0, 0.1) is 12.8 Å². The van der Waals surface area contributed by atoms with E-state index in [0.29, 0.717) is 11.3 Å². The molecule has 0 radical (unpaired) electrons. The lowest BCUT2D eigenvalue weighted by Crippen LogP contribution is -2.17. The van der Waals surface area contributed by atoms with Crippen LogP contribution in [-0.2, 0) is 17.8 Å². The molecule has 7 heteroatoms. The van der Waals surface area contributed by atoms with Crippen molar-refractivity contribution < 1.29 is 19.0 Å². The van der Waals surface area contributed by atoms with E-state index in [4.69, 9.17) is 33.0 Å². The van der Waals surface area contributed by atoms with Crippen molar-refractivity contribution in [1.29, 1.82) is 0 Å². The van der Waals surface area contributed by atoms with Gasteiger partial charge in [-0.15, -0.1) is 0 Å². The van der Waals surface area contributed by atoms with E-state index in [9.17, 15) is 9.18 Å². The number of nitrogens with one attached hydrogen (secondary N) is 1. The van der Waals surface area contributed by atoms with Gasteiger partial charge in [0.15, 0.2) is 5.75 Å². The molecule has 150 valence electrons. The van der Waals surface area contributed by atoms with Gasteiger partial charge in [0.1, 0.15) is 6.61 Å². The van der Waals surface area contributed by atoms with Crippen molar-refractivity contribution in [2.24, 2.45) is 5.92 Å². The molecule has 28 heavy (non-hydrogen) atoms. The largest absolute Gasteiger partial charge is 0.486 e. The zero-order chi connectivity index (χ0) is 20.3. The molecule has 1 aliphatic carbocycles. The number of ether oxygens (including phenoxy) is 1. The minimum Gasteiger partial charge on any atom is -0.486 e. The summed E-state index contributed by atoms with van der Waals surface area (Å²) in [6.07, 6.45) is 0.269. The molecule has 2 N–H and O–H groups in total. The van der Waals surface area contributed by atoms with Crippen LogP contribution in [0.1, 0.15) is 29.5 Å². The maximum Gasteiger partial charge on any atom is 0.338 e. The van der Waals surface area contributed by atoms with Gasteiger partial charge in [-0.3, -0.25) is 0 Å². The number of halogens is 3. The van der Waals surface area contributed by atoms with Crippen LogP contribution in [0.4, 0.5) is 10.1 Å². The second-order valence-corrected chi connectivity index (χ2v) is 8.03. The normalized spacial score (nSPS) is 14.6. The number of hydrogen-bond acceptors (Lipinski definition) is 3. The van der Waals surface area contributed by atoms with Gasteiger partial charge in [-0.05, 0) is 66.6 Å². The summed E-state index contributed by atoms with van der Waals surface area (Å²) < 4.78 is 19.2. The van der Waals surface area contributed by atoms with Crippen LogP contribution in [0.15, 0.2) is 30.3 Å². The highest BCUT2D eigenvalue weighted by atomic mass is 35.5. The Bertz CT molecular complexity index is 848. The number of anilines is 1. The standard InChI is InChI=1S/C21H22Cl2FNO3/c1-12-4-15(6-16(5-12)25-10-13-2-3-13)11-28-20-17(22)7-14(8-18(20)23)9-19(24)21(26)27/h4-8,13,19,25H,2-3,9-11H2,1H3,(H,26,27). The van der Waals surface area contributed by atoms with Crippen LogP contribution in [0.5, 0.6) is 5.75 Å². The fourth-order valence-electron chi connectivity index (χ4n) is 2.95. The van der Waals surface area contributed by atoms with Crippen molar-refractivity contribution in [2.75, 3.05) is 11.9 Å². The molecular weight excluding hydrogens is 404 g/mol. The number of hydrogen-bond donors (Lipinski definition) is 2. The van der Waals surface area contributed by atoms with Crippen LogP contribution in [0.3, 0.4) is 0 Å². The van der Waals surface area contributed by atoms with Crippen molar-refractivity contribution >= 4 is 34.9 Å². The summed E-state index contributed by atoms with van der Waals surface area (Å²) in [6.45, 7) is 3.28. The van der Waals surface area contributed by atoms with Gasteiger partial charge < -0.3 is 15.2 Å². The molecule has 1 aliphatic rings. The number of carboxylic acids is 1. The predicted octanol–water partition coefficient (Wildman–Crippen LogP) is 5.67. The van der Waals surface area contributed by atoms with Gasteiger partial charge in [0.2, 0.25) is 6.17 Å². The zero-order valence-electron chi connectivity index (χ0n) is 15.5. The number of aryl methyl sites for hydroxylation is 1. The van der Waals surface area contributed by atoms with Crippen LogP contribution in [0.2, 0.25) is 10.0 Å². The van der Waals surface area contributed by atoms with Crippen molar-refractivity contribution in [1.82, 2.24) is 0 Å². The molecule has 0 aromatic heterocycles. The maximum atomic E-state index is 13.4. The summed E-state index contributed by atoms with van der Waals surface area (Å²) in [7, 11) is 0. The monoisotopic (exact) mass is 425 g/mol. The average Bonchev–Trinajstić information content (AvgIpc) is 3.43. The van der Waals surface area contributed by atoms with E-state index in [1.165, 1.54) is 25.0 Å². The Balaban J connectivity index is 1.67. The third-order valence-corrected chi connectivity index (χ3v) is 5.11. The molecule has 0 saturated heterocycles. The van der Waals surface area contributed by atoms with Crippen molar-refractivity contribution in [3.63, 3.8) is 0 Å². The van der Waals surface area contributed by atoms with Crippen molar-refractivity contribution in [3.8, 4) is 5.75 Å². The molecule has 2 aromatic carbocycles. The summed E-state index contributed by atoms with van der Waals surface area (Å²) >= 11 is 12.5. The fourth-order valence-corrected chi connectivity index (χ4v) is 3.59. The molecular formula is C21H22Cl2FNO3. The second-order valence-electron chi connectivity index (χ2n) is 7.22. The van der Waals surface area contributed by atoms with E-state index in [1.54, 1.807) is 0 Å². The number of carbonyl (C=O) groups is 1. The Labute approximate surface area is 173 Å². The molecule has 0 spiro atoms. The maximum absolute atomic E-state index is 13.4.